The number of rotatable bonds is 1. The SMILES string of the molecule is C#CC(N)c1ncc(C)cc1C. The summed E-state index contributed by atoms with van der Waals surface area (Å²) >= 11 is 0. The summed E-state index contributed by atoms with van der Waals surface area (Å²) in [5.41, 5.74) is 8.62. The van der Waals surface area contributed by atoms with E-state index in [4.69, 9.17) is 12.2 Å². The lowest BCUT2D eigenvalue weighted by molar-refractivity contribution is 0.873. The first-order valence-corrected chi connectivity index (χ1v) is 3.80. The van der Waals surface area contributed by atoms with Crippen LogP contribution < -0.4 is 5.73 Å². The van der Waals surface area contributed by atoms with Gasteiger partial charge in [-0.25, -0.2) is 0 Å². The van der Waals surface area contributed by atoms with E-state index >= 15 is 0 Å². The molecule has 2 N–H and O–H groups in total. The Morgan fingerprint density at radius 1 is 1.58 bits per heavy atom. The van der Waals surface area contributed by atoms with E-state index in [0.29, 0.717) is 0 Å². The van der Waals surface area contributed by atoms with Crippen LogP contribution in [0.1, 0.15) is 22.9 Å². The summed E-state index contributed by atoms with van der Waals surface area (Å²) in [6, 6.07) is 1.64. The van der Waals surface area contributed by atoms with E-state index in [-0.39, 0.29) is 6.04 Å². The van der Waals surface area contributed by atoms with E-state index in [1.54, 1.807) is 6.20 Å². The number of nitrogens with zero attached hydrogens (tertiary/aromatic N) is 1. The van der Waals surface area contributed by atoms with Crippen molar-refractivity contribution in [1.82, 2.24) is 4.98 Å². The third-order valence-electron chi connectivity index (χ3n) is 1.73. The van der Waals surface area contributed by atoms with Gasteiger partial charge in [-0.2, -0.15) is 0 Å². The molecule has 0 spiro atoms. The molecule has 0 aliphatic heterocycles. The topological polar surface area (TPSA) is 38.9 Å². The number of nitrogens with two attached hydrogens (primary N) is 1. The van der Waals surface area contributed by atoms with Crippen LogP contribution in [-0.4, -0.2) is 4.98 Å². The van der Waals surface area contributed by atoms with Crippen molar-refractivity contribution in [2.45, 2.75) is 19.9 Å². The minimum Gasteiger partial charge on any atom is -0.313 e. The number of hydrogen-bond acceptors (Lipinski definition) is 2. The van der Waals surface area contributed by atoms with Crippen LogP contribution >= 0.6 is 0 Å². The molecule has 0 radical (unpaired) electrons. The van der Waals surface area contributed by atoms with Crippen LogP contribution in [0.25, 0.3) is 0 Å². The van der Waals surface area contributed by atoms with Gasteiger partial charge in [-0.15, -0.1) is 6.42 Å². The predicted octanol–water partition coefficient (Wildman–Crippen LogP) is 1.33. The van der Waals surface area contributed by atoms with E-state index in [0.717, 1.165) is 16.8 Å². The molecule has 0 aromatic carbocycles. The summed E-state index contributed by atoms with van der Waals surface area (Å²) < 4.78 is 0. The fourth-order valence-electron chi connectivity index (χ4n) is 1.13. The van der Waals surface area contributed by atoms with Gasteiger partial charge < -0.3 is 5.73 Å². The quantitative estimate of drug-likeness (QED) is 0.629. The van der Waals surface area contributed by atoms with Crippen LogP contribution in [0.3, 0.4) is 0 Å². The molecule has 12 heavy (non-hydrogen) atoms. The molecule has 0 saturated carbocycles. The Morgan fingerprint density at radius 3 is 2.75 bits per heavy atom. The van der Waals surface area contributed by atoms with Gasteiger partial charge >= 0.3 is 0 Å². The standard InChI is InChI=1S/C10H12N2/c1-4-9(11)10-8(3)5-7(2)6-12-10/h1,5-6,9H,11H2,2-3H3. The van der Waals surface area contributed by atoms with E-state index in [1.807, 2.05) is 19.9 Å². The molecule has 1 unspecified atom stereocenters. The smallest absolute Gasteiger partial charge is 0.109 e. The minimum absolute atomic E-state index is 0.384. The van der Waals surface area contributed by atoms with Gasteiger partial charge in [0.1, 0.15) is 6.04 Å². The average molecular weight is 160 g/mol. The normalized spacial score (nSPS) is 12.2. The second kappa shape index (κ2) is 3.38. The summed E-state index contributed by atoms with van der Waals surface area (Å²) in [7, 11) is 0. The highest BCUT2D eigenvalue weighted by atomic mass is 14.8. The molecule has 2 nitrogen and oxygen atoms in total. The van der Waals surface area contributed by atoms with Gasteiger partial charge in [0.2, 0.25) is 0 Å². The molecule has 0 aliphatic rings. The number of pyridine rings is 1. The molecule has 1 aromatic rings. The first-order chi connectivity index (χ1) is 5.65. The van der Waals surface area contributed by atoms with Crippen molar-refractivity contribution in [3.8, 4) is 12.3 Å². The number of hydrogen-bond donors (Lipinski definition) is 1. The molecule has 62 valence electrons. The molecule has 0 aliphatic carbocycles. The number of terminal acetylenes is 1. The van der Waals surface area contributed by atoms with Gasteiger partial charge in [0, 0.05) is 6.20 Å². The Bertz CT molecular complexity index is 323. The Kier molecular flexibility index (Phi) is 2.47. The zero-order valence-corrected chi connectivity index (χ0v) is 7.33. The van der Waals surface area contributed by atoms with Crippen molar-refractivity contribution in [3.63, 3.8) is 0 Å². The molecule has 0 fully saturated rings. The summed E-state index contributed by atoms with van der Waals surface area (Å²) in [4.78, 5) is 4.18. The zero-order chi connectivity index (χ0) is 9.14. The van der Waals surface area contributed by atoms with Gasteiger partial charge in [-0.05, 0) is 25.0 Å². The third kappa shape index (κ3) is 1.63. The van der Waals surface area contributed by atoms with E-state index in [9.17, 15) is 0 Å². The monoisotopic (exact) mass is 160 g/mol. The second-order valence-corrected chi connectivity index (χ2v) is 2.86. The van der Waals surface area contributed by atoms with Crippen molar-refractivity contribution in [3.05, 3.63) is 29.1 Å². The summed E-state index contributed by atoms with van der Waals surface area (Å²) in [6.07, 6.45) is 6.97. The van der Waals surface area contributed by atoms with Gasteiger partial charge in [0.15, 0.2) is 0 Å². The maximum Gasteiger partial charge on any atom is 0.109 e. The second-order valence-electron chi connectivity index (χ2n) is 2.86. The summed E-state index contributed by atoms with van der Waals surface area (Å²) in [5.74, 6) is 2.46. The highest BCUT2D eigenvalue weighted by molar-refractivity contribution is 5.29. The average Bonchev–Trinajstić information content (AvgIpc) is 2.03. The van der Waals surface area contributed by atoms with Crippen molar-refractivity contribution in [2.75, 3.05) is 0 Å². The van der Waals surface area contributed by atoms with E-state index in [2.05, 4.69) is 10.9 Å². The molecule has 1 atom stereocenters. The molecule has 1 aromatic heterocycles. The fourth-order valence-corrected chi connectivity index (χ4v) is 1.13. The Morgan fingerprint density at radius 2 is 2.25 bits per heavy atom. The lowest BCUT2D eigenvalue weighted by atomic mass is 10.1. The molecule has 0 amide bonds. The van der Waals surface area contributed by atoms with Gasteiger partial charge in [-0.3, -0.25) is 4.98 Å². The van der Waals surface area contributed by atoms with Crippen LogP contribution in [0.15, 0.2) is 12.3 Å². The van der Waals surface area contributed by atoms with Crippen LogP contribution in [-0.2, 0) is 0 Å². The fraction of sp³-hybridized carbons (Fsp3) is 0.300. The van der Waals surface area contributed by atoms with Crippen LogP contribution in [0.4, 0.5) is 0 Å². The highest BCUT2D eigenvalue weighted by Gasteiger charge is 2.06. The molecule has 2 heteroatoms. The van der Waals surface area contributed by atoms with Crippen LogP contribution in [0.2, 0.25) is 0 Å². The minimum atomic E-state index is -0.384. The van der Waals surface area contributed by atoms with Crippen molar-refractivity contribution in [1.29, 1.82) is 0 Å². The lowest BCUT2D eigenvalue weighted by Gasteiger charge is -2.07. The van der Waals surface area contributed by atoms with Gasteiger partial charge in [-0.1, -0.05) is 12.0 Å². The van der Waals surface area contributed by atoms with Crippen LogP contribution in [0.5, 0.6) is 0 Å². The van der Waals surface area contributed by atoms with E-state index < -0.39 is 0 Å². The highest BCUT2D eigenvalue weighted by Crippen LogP contribution is 2.12. The number of aryl methyl sites for hydroxylation is 2. The first-order valence-electron chi connectivity index (χ1n) is 3.80. The molecule has 0 saturated heterocycles. The number of aromatic nitrogens is 1. The van der Waals surface area contributed by atoms with Gasteiger partial charge in [0.05, 0.1) is 5.69 Å². The molecule has 1 heterocycles. The van der Waals surface area contributed by atoms with Crippen molar-refractivity contribution in [2.24, 2.45) is 5.73 Å². The van der Waals surface area contributed by atoms with Crippen LogP contribution in [0, 0.1) is 26.2 Å². The molecule has 0 bridgehead atoms. The molecular formula is C10H12N2. The largest absolute Gasteiger partial charge is 0.313 e. The maximum atomic E-state index is 5.65. The first kappa shape index (κ1) is 8.76. The molecule has 1 rings (SSSR count). The van der Waals surface area contributed by atoms with Crippen molar-refractivity contribution < 1.29 is 0 Å². The molecular weight excluding hydrogens is 148 g/mol. The maximum absolute atomic E-state index is 5.65. The Balaban J connectivity index is 3.11. The Labute approximate surface area is 72.8 Å². The zero-order valence-electron chi connectivity index (χ0n) is 7.33. The third-order valence-corrected chi connectivity index (χ3v) is 1.73. The summed E-state index contributed by atoms with van der Waals surface area (Å²) in [6.45, 7) is 3.96. The van der Waals surface area contributed by atoms with Crippen molar-refractivity contribution >= 4 is 0 Å². The predicted molar refractivity (Wildman–Crippen MR) is 49.5 cm³/mol. The summed E-state index contributed by atoms with van der Waals surface area (Å²) in [5, 5.41) is 0. The Hall–Kier alpha value is -1.33. The van der Waals surface area contributed by atoms with Gasteiger partial charge in [0.25, 0.3) is 0 Å². The lowest BCUT2D eigenvalue weighted by Crippen LogP contribution is -2.11. The van der Waals surface area contributed by atoms with E-state index in [1.165, 1.54) is 0 Å².